The zero-order valence-corrected chi connectivity index (χ0v) is 20.9. The number of anilines is 2. The highest BCUT2D eigenvalue weighted by atomic mass is 16.5. The van der Waals surface area contributed by atoms with E-state index in [4.69, 9.17) is 9.84 Å². The van der Waals surface area contributed by atoms with Crippen molar-refractivity contribution < 1.29 is 19.4 Å². The summed E-state index contributed by atoms with van der Waals surface area (Å²) in [5.41, 5.74) is 3.42. The molecule has 2 saturated heterocycles. The molecule has 4 heterocycles. The van der Waals surface area contributed by atoms with Gasteiger partial charge in [-0.3, -0.25) is 14.3 Å². The molecular formula is C28H31N5O4. The number of aromatic nitrogens is 3. The van der Waals surface area contributed by atoms with Gasteiger partial charge in [0, 0.05) is 55.9 Å². The van der Waals surface area contributed by atoms with Gasteiger partial charge >= 0.3 is 0 Å². The summed E-state index contributed by atoms with van der Waals surface area (Å²) >= 11 is 0. The lowest BCUT2D eigenvalue weighted by Crippen LogP contribution is -2.44. The fourth-order valence-corrected chi connectivity index (χ4v) is 5.91. The normalized spacial score (nSPS) is 24.7. The van der Waals surface area contributed by atoms with E-state index in [-0.39, 0.29) is 30.4 Å². The Morgan fingerprint density at radius 1 is 1.16 bits per heavy atom. The zero-order valence-electron chi connectivity index (χ0n) is 20.9. The van der Waals surface area contributed by atoms with Crippen molar-refractivity contribution in [3.05, 3.63) is 71.5 Å². The summed E-state index contributed by atoms with van der Waals surface area (Å²) in [5, 5.41) is 17.3. The number of nitrogens with zero attached hydrogens (tertiary/aromatic N) is 5. The Balaban J connectivity index is 1.22. The molecule has 192 valence electrons. The minimum absolute atomic E-state index is 0.0156. The summed E-state index contributed by atoms with van der Waals surface area (Å²) in [6.07, 6.45) is 4.33. The molecule has 37 heavy (non-hydrogen) atoms. The number of hydrogen-bond acceptors (Lipinski definition) is 6. The van der Waals surface area contributed by atoms with Crippen LogP contribution in [0.4, 0.5) is 11.4 Å². The number of ether oxygens (including phenoxy) is 1. The maximum atomic E-state index is 14.1. The number of β-lactam (4-membered cyclic amide) rings is 1. The van der Waals surface area contributed by atoms with Gasteiger partial charge in [0.05, 0.1) is 24.0 Å². The third-order valence-corrected chi connectivity index (χ3v) is 7.87. The molecule has 2 fully saturated rings. The van der Waals surface area contributed by atoms with Crippen LogP contribution in [0.3, 0.4) is 0 Å². The number of carbonyl (C=O) groups excluding carboxylic acids is 2. The monoisotopic (exact) mass is 501 g/mol. The zero-order chi connectivity index (χ0) is 25.6. The maximum absolute atomic E-state index is 14.1. The van der Waals surface area contributed by atoms with Gasteiger partial charge in [-0.15, -0.1) is 5.10 Å². The van der Waals surface area contributed by atoms with Crippen LogP contribution >= 0.6 is 0 Å². The third-order valence-electron chi connectivity index (χ3n) is 7.87. The van der Waals surface area contributed by atoms with E-state index >= 15 is 0 Å². The summed E-state index contributed by atoms with van der Waals surface area (Å²) in [6.45, 7) is 3.93. The fraction of sp³-hybridized carbons (Fsp3) is 0.429. The van der Waals surface area contributed by atoms with Gasteiger partial charge in [0.15, 0.2) is 5.60 Å². The smallest absolute Gasteiger partial charge is 0.264 e. The van der Waals surface area contributed by atoms with Crippen molar-refractivity contribution in [1.29, 1.82) is 0 Å². The number of fused-ring (bicyclic) bond motifs is 2. The lowest BCUT2D eigenvalue weighted by Gasteiger charge is -2.31. The Kier molecular flexibility index (Phi) is 6.04. The first-order valence-electron chi connectivity index (χ1n) is 13.0. The van der Waals surface area contributed by atoms with E-state index in [9.17, 15) is 9.59 Å². The molecule has 6 rings (SSSR count). The molecule has 1 spiro atoms. The number of aliphatic hydroxyl groups is 1. The van der Waals surface area contributed by atoms with Crippen molar-refractivity contribution in [1.82, 2.24) is 15.0 Å². The van der Waals surface area contributed by atoms with E-state index in [1.54, 1.807) is 9.58 Å². The largest absolute Gasteiger partial charge is 0.396 e. The van der Waals surface area contributed by atoms with Gasteiger partial charge in [0.25, 0.3) is 5.91 Å². The van der Waals surface area contributed by atoms with Crippen LogP contribution in [0.1, 0.15) is 43.0 Å². The van der Waals surface area contributed by atoms with Crippen LogP contribution in [0.2, 0.25) is 0 Å². The Hall–Kier alpha value is -3.56. The number of rotatable bonds is 8. The number of amides is 2. The molecule has 1 N–H and O–H groups in total. The van der Waals surface area contributed by atoms with Crippen molar-refractivity contribution in [2.45, 2.75) is 57.4 Å². The summed E-state index contributed by atoms with van der Waals surface area (Å²) in [7, 11) is 0. The second-order valence-corrected chi connectivity index (χ2v) is 10.2. The van der Waals surface area contributed by atoms with Gasteiger partial charge in [-0.05, 0) is 36.6 Å². The predicted octanol–water partition coefficient (Wildman–Crippen LogP) is 2.81. The molecule has 2 amide bonds. The molecule has 3 atom stereocenters. The molecule has 0 radical (unpaired) electrons. The van der Waals surface area contributed by atoms with Crippen LogP contribution in [0.15, 0.2) is 54.7 Å². The molecule has 3 aromatic rings. The highest BCUT2D eigenvalue weighted by Crippen LogP contribution is 2.53. The molecule has 0 bridgehead atoms. The minimum Gasteiger partial charge on any atom is -0.396 e. The molecule has 0 aliphatic carbocycles. The molecule has 3 aliphatic rings. The first-order chi connectivity index (χ1) is 18.0. The maximum Gasteiger partial charge on any atom is 0.264 e. The van der Waals surface area contributed by atoms with Crippen molar-refractivity contribution in [3.8, 4) is 0 Å². The van der Waals surface area contributed by atoms with E-state index in [1.165, 1.54) is 0 Å². The Morgan fingerprint density at radius 2 is 2.03 bits per heavy atom. The van der Waals surface area contributed by atoms with E-state index in [0.29, 0.717) is 25.9 Å². The SMILES string of the molecule is C[C@@H]1C[C@H](CCn2cc(CCO)nn2)O[C@@]12C(=O)N(Cc1cccc(N3CCC3=O)c1)c1ccccc12. The number of aliphatic hydroxyl groups excluding tert-OH is 1. The van der Waals surface area contributed by atoms with Crippen molar-refractivity contribution >= 4 is 23.2 Å². The first-order valence-corrected chi connectivity index (χ1v) is 13.0. The van der Waals surface area contributed by atoms with Crippen LogP contribution in [-0.2, 0) is 39.4 Å². The first kappa shape index (κ1) is 23.8. The Labute approximate surface area is 215 Å². The van der Waals surface area contributed by atoms with Crippen molar-refractivity contribution in [2.24, 2.45) is 5.92 Å². The minimum atomic E-state index is -1.00. The highest BCUT2D eigenvalue weighted by molar-refractivity contribution is 6.07. The topological polar surface area (TPSA) is 101 Å². The third kappa shape index (κ3) is 4.02. The summed E-state index contributed by atoms with van der Waals surface area (Å²) < 4.78 is 8.44. The Morgan fingerprint density at radius 3 is 2.81 bits per heavy atom. The molecular weight excluding hydrogens is 470 g/mol. The van der Waals surface area contributed by atoms with Gasteiger partial charge in [-0.25, -0.2) is 0 Å². The van der Waals surface area contributed by atoms with Crippen molar-refractivity contribution in [2.75, 3.05) is 23.0 Å². The lowest BCUT2D eigenvalue weighted by atomic mass is 9.83. The summed E-state index contributed by atoms with van der Waals surface area (Å²) in [6, 6.07) is 15.8. The molecule has 9 heteroatoms. The van der Waals surface area contributed by atoms with Gasteiger partial charge in [-0.2, -0.15) is 0 Å². The van der Waals surface area contributed by atoms with Crippen molar-refractivity contribution in [3.63, 3.8) is 0 Å². The second kappa shape index (κ2) is 9.39. The number of aryl methyl sites for hydroxylation is 1. The highest BCUT2D eigenvalue weighted by Gasteiger charge is 2.59. The molecule has 9 nitrogen and oxygen atoms in total. The summed E-state index contributed by atoms with van der Waals surface area (Å²) in [4.78, 5) is 29.7. The van der Waals surface area contributed by atoms with Crippen LogP contribution in [0, 0.1) is 5.92 Å². The lowest BCUT2D eigenvalue weighted by molar-refractivity contribution is -0.146. The molecule has 1 aromatic heterocycles. The van der Waals surface area contributed by atoms with Crippen LogP contribution < -0.4 is 9.80 Å². The average molecular weight is 502 g/mol. The van der Waals surface area contributed by atoms with Gasteiger partial charge in [0.1, 0.15) is 0 Å². The number of benzene rings is 2. The van der Waals surface area contributed by atoms with Crippen LogP contribution in [0.25, 0.3) is 0 Å². The van der Waals surface area contributed by atoms with Gasteiger partial charge in [-0.1, -0.05) is 42.5 Å². The predicted molar refractivity (Wildman–Crippen MR) is 137 cm³/mol. The average Bonchev–Trinajstić information content (AvgIpc) is 3.55. The van der Waals surface area contributed by atoms with Gasteiger partial charge < -0.3 is 19.6 Å². The van der Waals surface area contributed by atoms with Crippen LogP contribution in [-0.4, -0.2) is 51.2 Å². The fourth-order valence-electron chi connectivity index (χ4n) is 5.91. The summed E-state index contributed by atoms with van der Waals surface area (Å²) in [5.74, 6) is 0.121. The number of carbonyl (C=O) groups is 2. The molecule has 0 saturated carbocycles. The molecule has 3 aliphatic heterocycles. The van der Waals surface area contributed by atoms with E-state index < -0.39 is 5.60 Å². The molecule has 2 aromatic carbocycles. The van der Waals surface area contributed by atoms with E-state index in [1.807, 2.05) is 59.6 Å². The van der Waals surface area contributed by atoms with E-state index in [0.717, 1.165) is 47.6 Å². The second-order valence-electron chi connectivity index (χ2n) is 10.2. The number of para-hydroxylation sites is 1. The quantitative estimate of drug-likeness (QED) is 0.477. The standard InChI is InChI=1S/C28H31N5O4/c1-19-15-23(9-12-31-18-21(11-14-34)29-30-31)37-28(19)24-7-2-3-8-25(24)33(27(28)36)17-20-5-4-6-22(16-20)32-13-10-26(32)35/h2-8,16,18-19,23,34H,9-15,17H2,1H3/t19-,23+,28+/m1/s1. The van der Waals surface area contributed by atoms with E-state index in [2.05, 4.69) is 17.2 Å². The Bertz CT molecular complexity index is 1340. The number of hydrogen-bond donors (Lipinski definition) is 1. The molecule has 0 unspecified atom stereocenters. The van der Waals surface area contributed by atoms with Crippen LogP contribution in [0.5, 0.6) is 0 Å². The van der Waals surface area contributed by atoms with Gasteiger partial charge in [0.2, 0.25) is 5.91 Å².